The van der Waals surface area contributed by atoms with Gasteiger partial charge in [-0.1, -0.05) is 80.9 Å². The topological polar surface area (TPSA) is 64.6 Å². The molecule has 2 aromatic carbocycles. The van der Waals surface area contributed by atoms with Crippen molar-refractivity contribution >= 4 is 6.03 Å². The number of nitrogens with zero attached hydrogens (tertiary/aromatic N) is 1. The maximum absolute atomic E-state index is 13.4. The molecule has 2 aliphatic heterocycles. The van der Waals surface area contributed by atoms with Gasteiger partial charge in [0, 0.05) is 18.1 Å². The van der Waals surface area contributed by atoms with E-state index in [1.165, 1.54) is 57.9 Å². The quantitative estimate of drug-likeness (QED) is 0.324. The lowest BCUT2D eigenvalue weighted by atomic mass is 9.77. The van der Waals surface area contributed by atoms with Crippen LogP contribution >= 0.6 is 0 Å². The number of fused-ring (bicyclic) bond motifs is 2. The van der Waals surface area contributed by atoms with Gasteiger partial charge in [-0.15, -0.1) is 0 Å². The molecule has 2 heterocycles. The van der Waals surface area contributed by atoms with Gasteiger partial charge in [0.1, 0.15) is 5.60 Å². The van der Waals surface area contributed by atoms with Crippen molar-refractivity contribution in [2.24, 2.45) is 11.8 Å². The lowest BCUT2D eigenvalue weighted by molar-refractivity contribution is 0.0327. The van der Waals surface area contributed by atoms with E-state index >= 15 is 0 Å². The molecule has 5 nitrogen and oxygen atoms in total. The molecule has 3 N–H and O–H groups in total. The molecule has 5 rings (SSSR count). The van der Waals surface area contributed by atoms with Crippen LogP contribution in [0.15, 0.2) is 60.7 Å². The summed E-state index contributed by atoms with van der Waals surface area (Å²) in [5.41, 5.74) is 0.268. The Balaban J connectivity index is 1.18. The fourth-order valence-corrected chi connectivity index (χ4v) is 7.66. The molecule has 0 unspecified atom stereocenters. The van der Waals surface area contributed by atoms with Gasteiger partial charge in [-0.25, -0.2) is 4.79 Å². The first-order valence-corrected chi connectivity index (χ1v) is 15.6. The third-order valence-electron chi connectivity index (χ3n) is 9.77. The van der Waals surface area contributed by atoms with Crippen LogP contribution in [0.1, 0.15) is 95.6 Å². The second kappa shape index (κ2) is 12.9. The number of carbonyl (C=O) groups excluding carboxylic acids is 1. The average Bonchev–Trinajstić information content (AvgIpc) is 3.17. The van der Waals surface area contributed by atoms with Gasteiger partial charge >= 0.3 is 6.03 Å². The Hall–Kier alpha value is -2.37. The maximum atomic E-state index is 13.4. The van der Waals surface area contributed by atoms with E-state index in [1.54, 1.807) is 0 Å². The van der Waals surface area contributed by atoms with Crippen molar-refractivity contribution in [3.63, 3.8) is 0 Å². The van der Waals surface area contributed by atoms with Crippen LogP contribution in [0.4, 0.5) is 4.79 Å². The van der Waals surface area contributed by atoms with Gasteiger partial charge < -0.3 is 15.7 Å². The molecule has 0 radical (unpaired) electrons. The smallest absolute Gasteiger partial charge is 0.315 e. The van der Waals surface area contributed by atoms with E-state index in [4.69, 9.17) is 0 Å². The summed E-state index contributed by atoms with van der Waals surface area (Å²) >= 11 is 0. The molecule has 5 heteroatoms. The monoisotopic (exact) mass is 531 g/mol. The van der Waals surface area contributed by atoms with Crippen LogP contribution in [0.25, 0.3) is 0 Å². The minimum atomic E-state index is -1.32. The fraction of sp³-hybridized carbons (Fsp3) is 0.618. The van der Waals surface area contributed by atoms with E-state index in [9.17, 15) is 9.90 Å². The lowest BCUT2D eigenvalue weighted by Crippen LogP contribution is -2.56. The standard InChI is InChI=1S/C34H49N3O2/c1-25(2)24-32(34(39,27-10-5-3-6-11-27)28-12-7-4-8-13-28)36-33(38)35-29-18-16-26(17-19-29)22-23-37-30-14-9-15-31(37)21-20-30/h3-8,10-13,25-26,29-32,39H,9,14-24H2,1-2H3,(H2,35,36,38)/t26?,29?,30-,31+,32-/m0/s1. The zero-order valence-corrected chi connectivity index (χ0v) is 24.0. The predicted molar refractivity (Wildman–Crippen MR) is 159 cm³/mol. The number of amides is 2. The molecule has 2 amide bonds. The van der Waals surface area contributed by atoms with Gasteiger partial charge in [0.2, 0.25) is 0 Å². The van der Waals surface area contributed by atoms with E-state index < -0.39 is 11.6 Å². The molecule has 3 fully saturated rings. The Morgan fingerprint density at radius 2 is 1.44 bits per heavy atom. The van der Waals surface area contributed by atoms with E-state index in [0.29, 0.717) is 12.3 Å². The molecule has 0 aromatic heterocycles. The van der Waals surface area contributed by atoms with Crippen molar-refractivity contribution < 1.29 is 9.90 Å². The van der Waals surface area contributed by atoms with Gasteiger partial charge in [-0.2, -0.15) is 0 Å². The summed E-state index contributed by atoms with van der Waals surface area (Å²) in [6, 6.07) is 20.8. The highest BCUT2D eigenvalue weighted by atomic mass is 16.3. The van der Waals surface area contributed by atoms with Crippen molar-refractivity contribution in [3.8, 4) is 0 Å². The molecule has 3 atom stereocenters. The van der Waals surface area contributed by atoms with Crippen molar-refractivity contribution in [1.29, 1.82) is 0 Å². The van der Waals surface area contributed by atoms with Crippen LogP contribution in [0.2, 0.25) is 0 Å². The Morgan fingerprint density at radius 1 is 0.872 bits per heavy atom. The molecule has 1 saturated carbocycles. The van der Waals surface area contributed by atoms with Crippen LogP contribution in [0.5, 0.6) is 0 Å². The number of benzene rings is 2. The molecular formula is C34H49N3O2. The van der Waals surface area contributed by atoms with Crippen LogP contribution < -0.4 is 10.6 Å². The SMILES string of the molecule is CC(C)C[C@H](NC(=O)NC1CCC(CCN2[C@@H]3CCC[C@H]2CC3)CC1)C(O)(c1ccccc1)c1ccccc1. The second-order valence-corrected chi connectivity index (χ2v) is 12.9. The third-order valence-corrected chi connectivity index (χ3v) is 9.77. The molecule has 2 aromatic rings. The first-order valence-electron chi connectivity index (χ1n) is 15.6. The number of rotatable bonds is 10. The number of carbonyl (C=O) groups is 1. The number of hydrogen-bond donors (Lipinski definition) is 3. The third kappa shape index (κ3) is 6.69. The number of aliphatic hydroxyl groups is 1. The molecular weight excluding hydrogens is 482 g/mol. The molecule has 3 aliphatic rings. The van der Waals surface area contributed by atoms with Crippen molar-refractivity contribution in [1.82, 2.24) is 15.5 Å². The minimum Gasteiger partial charge on any atom is -0.378 e. The molecule has 1 aliphatic carbocycles. The summed E-state index contributed by atoms with van der Waals surface area (Å²) in [4.78, 5) is 16.2. The summed E-state index contributed by atoms with van der Waals surface area (Å²) in [5.74, 6) is 1.09. The summed E-state index contributed by atoms with van der Waals surface area (Å²) in [6.07, 6.45) is 13.5. The summed E-state index contributed by atoms with van der Waals surface area (Å²) in [6.45, 7) is 5.55. The van der Waals surface area contributed by atoms with Gasteiger partial charge in [-0.05, 0) is 93.7 Å². The molecule has 2 saturated heterocycles. The van der Waals surface area contributed by atoms with Crippen LogP contribution in [-0.4, -0.2) is 46.7 Å². The Labute approximate surface area is 235 Å². The van der Waals surface area contributed by atoms with Gasteiger partial charge in [-0.3, -0.25) is 4.90 Å². The fourth-order valence-electron chi connectivity index (χ4n) is 7.66. The highest BCUT2D eigenvalue weighted by molar-refractivity contribution is 5.75. The molecule has 39 heavy (non-hydrogen) atoms. The van der Waals surface area contributed by atoms with E-state index in [2.05, 4.69) is 29.4 Å². The molecule has 0 spiro atoms. The molecule has 212 valence electrons. The minimum absolute atomic E-state index is 0.167. The van der Waals surface area contributed by atoms with Crippen LogP contribution in [0.3, 0.4) is 0 Å². The van der Waals surface area contributed by atoms with E-state index in [0.717, 1.165) is 42.0 Å². The largest absolute Gasteiger partial charge is 0.378 e. The van der Waals surface area contributed by atoms with Crippen molar-refractivity contribution in [2.75, 3.05) is 6.54 Å². The first kappa shape index (κ1) is 28.2. The number of hydrogen-bond acceptors (Lipinski definition) is 3. The van der Waals surface area contributed by atoms with Crippen LogP contribution in [0, 0.1) is 11.8 Å². The Kier molecular flexibility index (Phi) is 9.29. The van der Waals surface area contributed by atoms with E-state index in [-0.39, 0.29) is 12.1 Å². The summed E-state index contributed by atoms with van der Waals surface area (Å²) in [7, 11) is 0. The van der Waals surface area contributed by atoms with E-state index in [1.807, 2.05) is 60.7 Å². The Morgan fingerprint density at radius 3 is 1.97 bits per heavy atom. The molecule has 2 bridgehead atoms. The maximum Gasteiger partial charge on any atom is 0.315 e. The zero-order valence-electron chi connectivity index (χ0n) is 24.0. The number of piperidine rings is 1. The van der Waals surface area contributed by atoms with Crippen molar-refractivity contribution in [2.45, 2.75) is 114 Å². The van der Waals surface area contributed by atoms with Crippen molar-refractivity contribution in [3.05, 3.63) is 71.8 Å². The average molecular weight is 532 g/mol. The second-order valence-electron chi connectivity index (χ2n) is 12.9. The first-order chi connectivity index (χ1) is 18.9. The van der Waals surface area contributed by atoms with Crippen LogP contribution in [-0.2, 0) is 5.60 Å². The zero-order chi connectivity index (χ0) is 27.2. The highest BCUT2D eigenvalue weighted by Crippen LogP contribution is 2.38. The summed E-state index contributed by atoms with van der Waals surface area (Å²) < 4.78 is 0. The summed E-state index contributed by atoms with van der Waals surface area (Å²) in [5, 5.41) is 18.8. The van der Waals surface area contributed by atoms with Gasteiger partial charge in [0.15, 0.2) is 0 Å². The lowest BCUT2D eigenvalue weighted by Gasteiger charge is -2.39. The Bertz CT molecular complexity index is 979. The van der Waals surface area contributed by atoms with Gasteiger partial charge in [0.05, 0.1) is 6.04 Å². The normalized spacial score (nSPS) is 26.4. The highest BCUT2D eigenvalue weighted by Gasteiger charge is 2.42. The number of urea groups is 1. The number of nitrogens with one attached hydrogen (secondary N) is 2. The van der Waals surface area contributed by atoms with Gasteiger partial charge in [0.25, 0.3) is 0 Å². The predicted octanol–water partition coefficient (Wildman–Crippen LogP) is 6.60.